The van der Waals surface area contributed by atoms with Gasteiger partial charge in [-0.2, -0.15) is 0 Å². The molecule has 7 atom stereocenters. The zero-order valence-electron chi connectivity index (χ0n) is 36.5. The van der Waals surface area contributed by atoms with Gasteiger partial charge in [-0.15, -0.1) is 11.8 Å². The number of thioether (sulfide) groups is 1. The molecule has 3 fully saturated rings. The van der Waals surface area contributed by atoms with Crippen LogP contribution < -0.4 is 0 Å². The standard InChI is InChI=1S/C44H47N7O15S/c1-25-37-36(26(2)52)41(54)48(37)38(42(55)64-22-27-4-10-31(11-5-27)49(58)59)39(25)67-34-18-35(47(21-34)44(57)66-24-29-8-14-33(15-9-29)51(62)63)40(53)46-17-16-30(20-46)19-45(3)43(56)65-23-28-6-12-32(13-7-28)50(60)61/h4-15,25-26,30,34-37,52H,16-24H2,1-3H3/t25-,26-,30-,34+,35+,36-,37-/m1/s1. The molecule has 3 aromatic carbocycles. The Labute approximate surface area is 386 Å². The highest BCUT2D eigenvalue weighted by Gasteiger charge is 2.61. The molecule has 4 aliphatic heterocycles. The number of β-lactam (4-membered cyclic amide) rings is 1. The largest absolute Gasteiger partial charge is 0.456 e. The Bertz CT molecular complexity index is 2470. The summed E-state index contributed by atoms with van der Waals surface area (Å²) in [6, 6.07) is 14.9. The fraction of sp³-hybridized carbons (Fsp3) is 0.432. The highest BCUT2D eigenvalue weighted by Crippen LogP contribution is 2.52. The summed E-state index contributed by atoms with van der Waals surface area (Å²) in [6.45, 7) is 3.50. The van der Waals surface area contributed by atoms with Crippen molar-refractivity contribution in [1.29, 1.82) is 0 Å². The number of nitro benzene ring substituents is 3. The van der Waals surface area contributed by atoms with Crippen LogP contribution in [-0.4, -0.2) is 126 Å². The minimum Gasteiger partial charge on any atom is -0.456 e. The molecule has 0 bridgehead atoms. The maximum absolute atomic E-state index is 14.5. The third-order valence-corrected chi connectivity index (χ3v) is 13.8. The fourth-order valence-corrected chi connectivity index (χ4v) is 10.4. The number of aliphatic hydroxyl groups excluding tert-OH is 1. The van der Waals surface area contributed by atoms with Crippen molar-refractivity contribution in [2.75, 3.05) is 33.2 Å². The van der Waals surface area contributed by atoms with Gasteiger partial charge in [0, 0.05) is 85.7 Å². The average molecular weight is 946 g/mol. The van der Waals surface area contributed by atoms with Crippen molar-refractivity contribution >= 4 is 58.8 Å². The summed E-state index contributed by atoms with van der Waals surface area (Å²) in [4.78, 5) is 106. The third-order valence-electron chi connectivity index (χ3n) is 12.4. The van der Waals surface area contributed by atoms with Gasteiger partial charge in [-0.1, -0.05) is 6.92 Å². The number of likely N-dealkylation sites (tertiary alicyclic amines) is 2. The van der Waals surface area contributed by atoms with Crippen LogP contribution in [0.5, 0.6) is 0 Å². The first-order valence-electron chi connectivity index (χ1n) is 21.3. The minimum atomic E-state index is -1.02. The number of esters is 1. The highest BCUT2D eigenvalue weighted by atomic mass is 32.2. The van der Waals surface area contributed by atoms with Crippen LogP contribution in [-0.2, 0) is 48.4 Å². The second-order valence-corrected chi connectivity index (χ2v) is 18.2. The number of fused-ring (bicyclic) bond motifs is 1. The topological polar surface area (TPSA) is 276 Å². The lowest BCUT2D eigenvalue weighted by Gasteiger charge is -2.46. The van der Waals surface area contributed by atoms with Crippen LogP contribution in [0.1, 0.15) is 43.4 Å². The van der Waals surface area contributed by atoms with Crippen molar-refractivity contribution < 1.29 is 58.1 Å². The number of carbonyl (C=O) groups excluding carboxylic acids is 5. The average Bonchev–Trinajstić information content (AvgIpc) is 4.02. The summed E-state index contributed by atoms with van der Waals surface area (Å²) in [5.74, 6) is -3.07. The number of non-ortho nitro benzene ring substituents is 3. The van der Waals surface area contributed by atoms with Gasteiger partial charge in [-0.25, -0.2) is 14.4 Å². The van der Waals surface area contributed by atoms with Crippen LogP contribution in [0, 0.1) is 48.1 Å². The molecule has 0 spiro atoms. The van der Waals surface area contributed by atoms with Crippen LogP contribution in [0.15, 0.2) is 83.4 Å². The quantitative estimate of drug-likeness (QED) is 0.0639. The number of ether oxygens (including phenoxy) is 3. The molecule has 0 saturated carbocycles. The molecule has 4 heterocycles. The molecular weight excluding hydrogens is 899 g/mol. The highest BCUT2D eigenvalue weighted by molar-refractivity contribution is 8.03. The molecule has 7 rings (SSSR count). The lowest BCUT2D eigenvalue weighted by Crippen LogP contribution is -2.63. The van der Waals surface area contributed by atoms with Gasteiger partial charge in [-0.3, -0.25) is 44.8 Å². The van der Waals surface area contributed by atoms with Crippen molar-refractivity contribution in [3.8, 4) is 0 Å². The van der Waals surface area contributed by atoms with E-state index in [9.17, 15) is 59.4 Å². The molecule has 3 aromatic rings. The van der Waals surface area contributed by atoms with E-state index < -0.39 is 74.1 Å². The predicted molar refractivity (Wildman–Crippen MR) is 235 cm³/mol. The maximum atomic E-state index is 14.5. The van der Waals surface area contributed by atoms with E-state index in [0.29, 0.717) is 34.6 Å². The van der Waals surface area contributed by atoms with Crippen molar-refractivity contribution in [2.24, 2.45) is 17.8 Å². The molecule has 0 radical (unpaired) electrons. The Morgan fingerprint density at radius 3 is 1.82 bits per heavy atom. The van der Waals surface area contributed by atoms with Gasteiger partial charge in [0.2, 0.25) is 11.8 Å². The molecule has 0 aromatic heterocycles. The zero-order chi connectivity index (χ0) is 48.3. The van der Waals surface area contributed by atoms with Gasteiger partial charge in [0.1, 0.15) is 31.6 Å². The van der Waals surface area contributed by atoms with Gasteiger partial charge >= 0.3 is 18.2 Å². The van der Waals surface area contributed by atoms with E-state index in [0.717, 1.165) is 0 Å². The van der Waals surface area contributed by atoms with E-state index in [1.807, 2.05) is 6.92 Å². The molecule has 22 nitrogen and oxygen atoms in total. The first kappa shape index (κ1) is 47.8. The molecule has 4 amide bonds. The lowest BCUT2D eigenvalue weighted by atomic mass is 9.79. The normalized spacial score (nSPS) is 22.4. The summed E-state index contributed by atoms with van der Waals surface area (Å²) in [5.41, 5.74) is 1.08. The molecule has 3 saturated heterocycles. The van der Waals surface area contributed by atoms with Crippen LogP contribution in [0.4, 0.5) is 26.7 Å². The summed E-state index contributed by atoms with van der Waals surface area (Å²) in [7, 11) is 1.56. The van der Waals surface area contributed by atoms with Crippen LogP contribution in [0.2, 0.25) is 0 Å². The van der Waals surface area contributed by atoms with E-state index in [1.54, 1.807) is 11.9 Å². The number of amides is 4. The summed E-state index contributed by atoms with van der Waals surface area (Å²) >= 11 is 1.23. The SMILES string of the molecule is C[C@@H](O)[C@H]1C(=O)N2C(C(=O)OCc3ccc([N+](=O)[O-])cc3)=C(S[C@H]3C[C@@H](C(=O)N4CC[C@H](CN(C)C(=O)OCc5ccc([N+](=O)[O-])cc5)C4)N(C(=O)OCc4ccc([N+](=O)[O-])cc4)C3)[C@H](C)[C@H]12. The minimum absolute atomic E-state index is 0.0133. The number of rotatable bonds is 16. The smallest absolute Gasteiger partial charge is 0.410 e. The Morgan fingerprint density at radius 2 is 1.31 bits per heavy atom. The Kier molecular flexibility index (Phi) is 14.4. The number of hydrogen-bond acceptors (Lipinski definition) is 16. The third kappa shape index (κ3) is 10.5. The van der Waals surface area contributed by atoms with Crippen LogP contribution in [0.25, 0.3) is 0 Å². The number of benzene rings is 3. The summed E-state index contributed by atoms with van der Waals surface area (Å²) < 4.78 is 16.7. The van der Waals surface area contributed by atoms with Crippen molar-refractivity contribution in [3.05, 3.63) is 130 Å². The molecule has 354 valence electrons. The first-order chi connectivity index (χ1) is 31.9. The van der Waals surface area contributed by atoms with Gasteiger partial charge in [-0.05, 0) is 78.8 Å². The van der Waals surface area contributed by atoms with E-state index in [-0.39, 0.29) is 80.5 Å². The second kappa shape index (κ2) is 20.2. The molecule has 1 N–H and O–H groups in total. The summed E-state index contributed by atoms with van der Waals surface area (Å²) in [5, 5.41) is 43.3. The zero-order valence-corrected chi connectivity index (χ0v) is 37.4. The maximum Gasteiger partial charge on any atom is 0.410 e. The summed E-state index contributed by atoms with van der Waals surface area (Å²) in [6.07, 6.45) is -1.82. The number of nitrogens with zero attached hydrogens (tertiary/aromatic N) is 7. The predicted octanol–water partition coefficient (Wildman–Crippen LogP) is 5.15. The van der Waals surface area contributed by atoms with Crippen molar-refractivity contribution in [2.45, 2.75) is 69.9 Å². The molecule has 0 unspecified atom stereocenters. The van der Waals surface area contributed by atoms with Gasteiger partial charge in [0.15, 0.2) is 0 Å². The van der Waals surface area contributed by atoms with E-state index in [2.05, 4.69) is 0 Å². The lowest BCUT2D eigenvalue weighted by molar-refractivity contribution is -0.385. The van der Waals surface area contributed by atoms with Crippen molar-refractivity contribution in [1.82, 2.24) is 19.6 Å². The van der Waals surface area contributed by atoms with Gasteiger partial charge in [0.25, 0.3) is 17.1 Å². The molecule has 0 aliphatic carbocycles. The molecule has 4 aliphatic rings. The van der Waals surface area contributed by atoms with Gasteiger partial charge in [0.05, 0.1) is 32.8 Å². The molecule has 67 heavy (non-hydrogen) atoms. The van der Waals surface area contributed by atoms with E-state index in [1.165, 1.54) is 106 Å². The van der Waals surface area contributed by atoms with Crippen LogP contribution >= 0.6 is 11.8 Å². The Balaban J connectivity index is 1.06. The molecule has 23 heteroatoms. The van der Waals surface area contributed by atoms with E-state index >= 15 is 0 Å². The second-order valence-electron chi connectivity index (χ2n) is 16.9. The van der Waals surface area contributed by atoms with E-state index in [4.69, 9.17) is 14.2 Å². The number of hydrogen-bond donors (Lipinski definition) is 1. The monoisotopic (exact) mass is 945 g/mol. The Morgan fingerprint density at radius 1 is 0.806 bits per heavy atom. The Hall–Kier alpha value is -7.14. The first-order valence-corrected chi connectivity index (χ1v) is 22.2. The number of nitro groups is 3. The van der Waals surface area contributed by atoms with Crippen molar-refractivity contribution in [3.63, 3.8) is 0 Å². The fourth-order valence-electron chi connectivity index (χ4n) is 8.86. The van der Waals surface area contributed by atoms with Crippen LogP contribution in [0.3, 0.4) is 0 Å². The van der Waals surface area contributed by atoms with Gasteiger partial charge < -0.3 is 34.0 Å². The number of carbonyl (C=O) groups is 5. The molecular formula is C44H47N7O15S. The number of aliphatic hydroxyl groups is 1.